The highest BCUT2D eigenvalue weighted by atomic mass is 79.9. The molecule has 1 aromatic heterocycles. The molecule has 1 saturated heterocycles. The molecule has 1 fully saturated rings. The van der Waals surface area contributed by atoms with Crippen LogP contribution < -0.4 is 0 Å². The first kappa shape index (κ1) is 22.0. The Bertz CT molecular complexity index is 885. The highest BCUT2D eigenvalue weighted by Gasteiger charge is 2.37. The number of fused-ring (bicyclic) bond motifs is 1. The zero-order valence-corrected chi connectivity index (χ0v) is 20.3. The van der Waals surface area contributed by atoms with Gasteiger partial charge in [-0.05, 0) is 40.8 Å². The molecule has 0 saturated carbocycles. The lowest BCUT2D eigenvalue weighted by atomic mass is 10.0. The minimum absolute atomic E-state index is 0.00298. The Balaban J connectivity index is 1.48. The van der Waals surface area contributed by atoms with E-state index in [4.69, 9.17) is 4.89 Å². The Morgan fingerprint density at radius 3 is 2.93 bits per heavy atom. The van der Waals surface area contributed by atoms with E-state index in [0.717, 1.165) is 24.4 Å². The Kier molecular flexibility index (Phi) is 6.96. The quantitative estimate of drug-likeness (QED) is 0.250. The van der Waals surface area contributed by atoms with E-state index in [1.807, 2.05) is 48.5 Å². The van der Waals surface area contributed by atoms with Gasteiger partial charge in [0.15, 0.2) is 0 Å². The van der Waals surface area contributed by atoms with Crippen LogP contribution in [0.15, 0.2) is 27.2 Å². The second-order valence-electron chi connectivity index (χ2n) is 7.74. The van der Waals surface area contributed by atoms with Crippen LogP contribution in [0.4, 0.5) is 0 Å². The van der Waals surface area contributed by atoms with Gasteiger partial charge in [-0.1, -0.05) is 19.9 Å². The number of H-pyrrole nitrogens is 1. The number of nitrogens with zero attached hydrogens (tertiary/aromatic N) is 3. The number of hydrogen-bond donors (Lipinski definition) is 1. The molecule has 4 atom stereocenters. The number of rotatable bonds is 7. The zero-order chi connectivity index (χ0) is 21.3. The summed E-state index contributed by atoms with van der Waals surface area (Å²) < 4.78 is 1.21. The number of aliphatic imine (C=N–C) groups is 1. The van der Waals surface area contributed by atoms with Gasteiger partial charge in [-0.15, -0.1) is 23.5 Å². The summed E-state index contributed by atoms with van der Waals surface area (Å²) in [6.07, 6.45) is 9.50. The number of aromatic amines is 1. The van der Waals surface area contributed by atoms with Gasteiger partial charge in [0.25, 0.3) is 0 Å². The van der Waals surface area contributed by atoms with Crippen LogP contribution in [0.1, 0.15) is 44.2 Å². The van der Waals surface area contributed by atoms with Gasteiger partial charge in [-0.3, -0.25) is 4.79 Å². The lowest BCUT2D eigenvalue weighted by Crippen LogP contribution is -2.40. The first-order chi connectivity index (χ1) is 14.5. The molecule has 162 valence electrons. The maximum Gasteiger partial charge on any atom is 0.248 e. The second-order valence-corrected chi connectivity index (χ2v) is 11.6. The summed E-state index contributed by atoms with van der Waals surface area (Å²) in [6, 6.07) is -0.564. The minimum atomic E-state index is -0.509. The van der Waals surface area contributed by atoms with Crippen LogP contribution in [0.3, 0.4) is 0 Å². The van der Waals surface area contributed by atoms with Crippen LogP contribution in [-0.4, -0.2) is 57.4 Å². The zero-order valence-electron chi connectivity index (χ0n) is 17.1. The molecule has 30 heavy (non-hydrogen) atoms. The van der Waals surface area contributed by atoms with Gasteiger partial charge >= 0.3 is 0 Å². The number of imidazole rings is 1. The van der Waals surface area contributed by atoms with Crippen LogP contribution in [-0.2, 0) is 14.6 Å². The summed E-state index contributed by atoms with van der Waals surface area (Å²) in [5.41, 5.74) is 1.03. The molecule has 3 aliphatic rings. The molecule has 3 aliphatic heterocycles. The number of amides is 1. The minimum Gasteiger partial charge on any atom is -0.340 e. The number of carbonyl (C=O) groups excluding carboxylic acids is 1. The Hall–Kier alpha value is -1.23. The van der Waals surface area contributed by atoms with Crippen molar-refractivity contribution >= 4 is 56.7 Å². The van der Waals surface area contributed by atoms with Gasteiger partial charge in [-0.25, -0.2) is 9.98 Å². The molecule has 0 bridgehead atoms. The maximum atomic E-state index is 13.2. The number of halogens is 1. The van der Waals surface area contributed by atoms with Crippen molar-refractivity contribution in [1.82, 2.24) is 14.9 Å². The summed E-state index contributed by atoms with van der Waals surface area (Å²) in [5.74, 6) is 0.891. The van der Waals surface area contributed by atoms with Crippen molar-refractivity contribution in [1.29, 1.82) is 0 Å². The number of hydrogen-bond acceptors (Lipinski definition) is 7. The van der Waals surface area contributed by atoms with Crippen molar-refractivity contribution in [3.05, 3.63) is 33.7 Å². The third-order valence-electron chi connectivity index (χ3n) is 5.40. The van der Waals surface area contributed by atoms with Crippen LogP contribution in [0.2, 0.25) is 0 Å². The summed E-state index contributed by atoms with van der Waals surface area (Å²) >= 11 is 7.28. The van der Waals surface area contributed by atoms with Crippen molar-refractivity contribution in [3.8, 4) is 0 Å². The van der Waals surface area contributed by atoms with Gasteiger partial charge in [0.1, 0.15) is 11.9 Å². The number of nitrogens with one attached hydrogen (secondary N) is 1. The average Bonchev–Trinajstić information content (AvgIpc) is 3.45. The van der Waals surface area contributed by atoms with Crippen LogP contribution >= 0.6 is 39.5 Å². The maximum absolute atomic E-state index is 13.2. The van der Waals surface area contributed by atoms with Gasteiger partial charge in [0.05, 0.1) is 25.0 Å². The van der Waals surface area contributed by atoms with Crippen molar-refractivity contribution in [2.75, 3.05) is 13.7 Å². The molecule has 2 unspecified atom stereocenters. The molecule has 7 nitrogen and oxygen atoms in total. The summed E-state index contributed by atoms with van der Waals surface area (Å²) in [7, 11) is 1.41. The molecule has 1 N–H and O–H groups in total. The van der Waals surface area contributed by atoms with E-state index in [1.54, 1.807) is 0 Å². The normalized spacial score (nSPS) is 27.0. The molecular weight excluding hydrogens is 488 g/mol. The first-order valence-electron chi connectivity index (χ1n) is 9.97. The number of thioether (sulfide) groups is 2. The monoisotopic (exact) mass is 512 g/mol. The molecule has 0 spiro atoms. The molecule has 0 aliphatic carbocycles. The largest absolute Gasteiger partial charge is 0.340 e. The summed E-state index contributed by atoms with van der Waals surface area (Å²) in [6.45, 7) is 4.67. The molecule has 1 aromatic rings. The molecule has 4 rings (SSSR count). The van der Waals surface area contributed by atoms with Crippen molar-refractivity contribution in [2.24, 2.45) is 10.9 Å². The Morgan fingerprint density at radius 1 is 1.40 bits per heavy atom. The van der Waals surface area contributed by atoms with E-state index in [2.05, 4.69) is 47.9 Å². The SMILES string of the molecule is COOC=N[C@H](C(=O)N1CCC[C@H]1c1ncc(C2=CC3SC(Br)=CC3S2)[nH]1)C(C)C. The topological polar surface area (TPSA) is 79.8 Å². The van der Waals surface area contributed by atoms with Crippen LogP contribution in [0.5, 0.6) is 0 Å². The summed E-state index contributed by atoms with van der Waals surface area (Å²) in [4.78, 5) is 38.1. The van der Waals surface area contributed by atoms with Crippen molar-refractivity contribution in [2.45, 2.75) is 49.3 Å². The van der Waals surface area contributed by atoms with Crippen LogP contribution in [0.25, 0.3) is 4.91 Å². The van der Waals surface area contributed by atoms with Crippen LogP contribution in [0, 0.1) is 5.92 Å². The highest BCUT2D eigenvalue weighted by molar-refractivity contribution is 9.14. The molecular formula is C20H25BrN4O3S2. The fourth-order valence-corrected chi connectivity index (χ4v) is 7.63. The smallest absolute Gasteiger partial charge is 0.248 e. The Morgan fingerprint density at radius 2 is 2.20 bits per heavy atom. The van der Waals surface area contributed by atoms with Crippen molar-refractivity contribution in [3.63, 3.8) is 0 Å². The van der Waals surface area contributed by atoms with E-state index >= 15 is 0 Å². The summed E-state index contributed by atoms with van der Waals surface area (Å²) in [5, 5.41) is 0.935. The predicted octanol–water partition coefficient (Wildman–Crippen LogP) is 4.51. The molecule has 10 heteroatoms. The first-order valence-corrected chi connectivity index (χ1v) is 12.5. The fraction of sp³-hybridized carbons (Fsp3) is 0.550. The molecule has 4 heterocycles. The number of aromatic nitrogens is 2. The predicted molar refractivity (Wildman–Crippen MR) is 125 cm³/mol. The van der Waals surface area contributed by atoms with E-state index in [0.29, 0.717) is 17.0 Å². The lowest BCUT2D eigenvalue weighted by Gasteiger charge is -2.27. The van der Waals surface area contributed by atoms with Gasteiger partial charge in [0, 0.05) is 25.8 Å². The fourth-order valence-electron chi connectivity index (χ4n) is 3.95. The van der Waals surface area contributed by atoms with E-state index in [9.17, 15) is 4.79 Å². The van der Waals surface area contributed by atoms with Gasteiger partial charge < -0.3 is 14.8 Å². The Labute approximate surface area is 193 Å². The molecule has 0 radical (unpaired) electrons. The van der Waals surface area contributed by atoms with Gasteiger partial charge in [-0.2, -0.15) is 4.89 Å². The van der Waals surface area contributed by atoms with Crippen molar-refractivity contribution < 1.29 is 14.6 Å². The third-order valence-corrected chi connectivity index (χ3v) is 8.78. The van der Waals surface area contributed by atoms with E-state index in [1.165, 1.54) is 22.2 Å². The number of likely N-dealkylation sites (tertiary alicyclic amines) is 1. The van der Waals surface area contributed by atoms with E-state index in [-0.39, 0.29) is 17.9 Å². The standard InChI is InChI=1S/C20H25BrN4O3S2/c1-11(2)18(23-10-28-27-3)20(26)25-6-4-5-13(25)19-22-9-12(24-19)14-7-15-16(29-14)8-17(21)30-15/h7-11,13,15-16,18H,4-6H2,1-3H3,(H,22,24)/t13-,15?,16?,18-/m0/s1. The lowest BCUT2D eigenvalue weighted by molar-refractivity contribution is -0.188. The molecule has 1 amide bonds. The average molecular weight is 513 g/mol. The van der Waals surface area contributed by atoms with Gasteiger partial charge in [0.2, 0.25) is 12.3 Å². The highest BCUT2D eigenvalue weighted by Crippen LogP contribution is 2.51. The third kappa shape index (κ3) is 4.51. The number of carbonyl (C=O) groups is 1. The molecule has 0 aromatic carbocycles. The van der Waals surface area contributed by atoms with E-state index < -0.39 is 6.04 Å². The second kappa shape index (κ2) is 9.50.